The molecule has 0 N–H and O–H groups in total. The number of hydrogen-bond acceptors (Lipinski definition) is 2. The average molecular weight is 244 g/mol. The van der Waals surface area contributed by atoms with Crippen molar-refractivity contribution in [2.24, 2.45) is 5.92 Å². The minimum absolute atomic E-state index is 0.200. The van der Waals surface area contributed by atoms with Gasteiger partial charge in [-0.1, -0.05) is 18.6 Å². The quantitative estimate of drug-likeness (QED) is 0.748. The summed E-state index contributed by atoms with van der Waals surface area (Å²) in [7, 11) is 0. The van der Waals surface area contributed by atoms with E-state index in [9.17, 15) is 4.79 Å². The monoisotopic (exact) mass is 244 g/mol. The predicted octanol–water partition coefficient (Wildman–Crippen LogP) is 3.91. The smallest absolute Gasteiger partial charge is 0.170 e. The van der Waals surface area contributed by atoms with Gasteiger partial charge in [0.2, 0.25) is 0 Å². The van der Waals surface area contributed by atoms with Gasteiger partial charge in [0.25, 0.3) is 0 Å². The maximum Gasteiger partial charge on any atom is 0.170 e. The number of ketones is 1. The average Bonchev–Trinajstić information content (AvgIpc) is 2.72. The molecule has 2 atom stereocenters. The summed E-state index contributed by atoms with van der Waals surface area (Å²) in [6.07, 6.45) is 5.10. The van der Waals surface area contributed by atoms with Crippen molar-refractivity contribution in [3.05, 3.63) is 29.3 Å². The van der Waals surface area contributed by atoms with E-state index in [1.807, 2.05) is 25.1 Å². The normalized spacial score (nSPS) is 30.3. The van der Waals surface area contributed by atoms with Crippen molar-refractivity contribution in [1.82, 2.24) is 0 Å². The molecule has 2 heteroatoms. The molecule has 96 valence electrons. The Hall–Kier alpha value is -1.31. The zero-order valence-electron chi connectivity index (χ0n) is 11.2. The molecule has 0 amide bonds. The molecule has 1 aromatic carbocycles. The van der Waals surface area contributed by atoms with Gasteiger partial charge in [0.15, 0.2) is 5.78 Å². The summed E-state index contributed by atoms with van der Waals surface area (Å²) in [6.45, 7) is 4.22. The summed E-state index contributed by atoms with van der Waals surface area (Å²) in [4.78, 5) is 12.4. The first-order valence-corrected chi connectivity index (χ1v) is 6.97. The number of rotatable bonds is 1. The Balaban J connectivity index is 2.01. The van der Waals surface area contributed by atoms with Gasteiger partial charge in [-0.15, -0.1) is 0 Å². The Kier molecular flexibility index (Phi) is 2.69. The molecule has 1 aromatic rings. The van der Waals surface area contributed by atoms with Crippen molar-refractivity contribution < 1.29 is 9.53 Å². The summed E-state index contributed by atoms with van der Waals surface area (Å²) in [5.41, 5.74) is 1.70. The number of ether oxygens (including phenoxy) is 1. The van der Waals surface area contributed by atoms with E-state index >= 15 is 0 Å². The lowest BCUT2D eigenvalue weighted by atomic mass is 9.80. The van der Waals surface area contributed by atoms with Crippen LogP contribution < -0.4 is 4.74 Å². The van der Waals surface area contributed by atoms with E-state index in [1.165, 1.54) is 12.8 Å². The van der Waals surface area contributed by atoms with Crippen molar-refractivity contribution >= 4 is 5.78 Å². The van der Waals surface area contributed by atoms with E-state index in [1.54, 1.807) is 0 Å². The molecule has 2 unspecified atom stereocenters. The van der Waals surface area contributed by atoms with Crippen LogP contribution in [0.2, 0.25) is 0 Å². The number of aryl methyl sites for hydroxylation is 1. The lowest BCUT2D eigenvalue weighted by Gasteiger charge is -2.39. The second-order valence-corrected chi connectivity index (χ2v) is 5.76. The van der Waals surface area contributed by atoms with E-state index in [0.29, 0.717) is 12.3 Å². The van der Waals surface area contributed by atoms with Crippen LogP contribution >= 0.6 is 0 Å². The molecular formula is C16H20O2. The molecule has 1 aliphatic carbocycles. The minimum atomic E-state index is -0.200. The van der Waals surface area contributed by atoms with E-state index < -0.39 is 0 Å². The fourth-order valence-electron chi connectivity index (χ4n) is 3.63. The van der Waals surface area contributed by atoms with Gasteiger partial charge in [0.05, 0.1) is 12.0 Å². The molecule has 0 saturated heterocycles. The highest BCUT2D eigenvalue weighted by atomic mass is 16.5. The van der Waals surface area contributed by atoms with E-state index in [4.69, 9.17) is 4.74 Å². The molecule has 1 spiro atoms. The van der Waals surface area contributed by atoms with E-state index in [0.717, 1.165) is 29.7 Å². The molecular weight excluding hydrogens is 224 g/mol. The van der Waals surface area contributed by atoms with Crippen LogP contribution in [-0.4, -0.2) is 11.4 Å². The largest absolute Gasteiger partial charge is 0.486 e. The summed E-state index contributed by atoms with van der Waals surface area (Å²) >= 11 is 0. The van der Waals surface area contributed by atoms with Gasteiger partial charge in [-0.25, -0.2) is 0 Å². The van der Waals surface area contributed by atoms with Gasteiger partial charge in [-0.05, 0) is 50.7 Å². The molecule has 3 rings (SSSR count). The maximum atomic E-state index is 12.4. The van der Waals surface area contributed by atoms with Crippen molar-refractivity contribution in [1.29, 1.82) is 0 Å². The zero-order chi connectivity index (χ0) is 12.8. The highest BCUT2D eigenvalue weighted by molar-refractivity contribution is 6.00. The number of carbonyl (C=O) groups is 1. The number of carbonyl (C=O) groups excluding carboxylic acids is 1. The molecule has 0 aromatic heterocycles. The minimum Gasteiger partial charge on any atom is -0.486 e. The molecule has 1 heterocycles. The van der Waals surface area contributed by atoms with Gasteiger partial charge in [-0.2, -0.15) is 0 Å². The van der Waals surface area contributed by atoms with Crippen LogP contribution in [0.3, 0.4) is 0 Å². The van der Waals surface area contributed by atoms with Crippen LogP contribution in [0.4, 0.5) is 0 Å². The number of benzene rings is 1. The highest BCUT2D eigenvalue weighted by Crippen LogP contribution is 2.47. The third kappa shape index (κ3) is 1.66. The van der Waals surface area contributed by atoms with E-state index in [2.05, 4.69) is 6.92 Å². The summed E-state index contributed by atoms with van der Waals surface area (Å²) in [5.74, 6) is 1.61. The van der Waals surface area contributed by atoms with Crippen LogP contribution in [0.5, 0.6) is 5.75 Å². The van der Waals surface area contributed by atoms with Crippen molar-refractivity contribution in [3.63, 3.8) is 0 Å². The zero-order valence-corrected chi connectivity index (χ0v) is 11.2. The highest BCUT2D eigenvalue weighted by Gasteiger charge is 2.48. The number of Topliss-reactive ketones (excluding diaryl/α,β-unsaturated/α-hetero) is 1. The van der Waals surface area contributed by atoms with E-state index in [-0.39, 0.29) is 11.4 Å². The summed E-state index contributed by atoms with van der Waals surface area (Å²) < 4.78 is 6.29. The molecule has 2 aliphatic rings. The van der Waals surface area contributed by atoms with Crippen LogP contribution in [0.1, 0.15) is 54.9 Å². The molecule has 1 aliphatic heterocycles. The second-order valence-electron chi connectivity index (χ2n) is 5.76. The second kappa shape index (κ2) is 4.11. The van der Waals surface area contributed by atoms with Crippen LogP contribution in [0.15, 0.2) is 18.2 Å². The van der Waals surface area contributed by atoms with Gasteiger partial charge in [0.1, 0.15) is 11.4 Å². The predicted molar refractivity (Wildman–Crippen MR) is 71.1 cm³/mol. The fraction of sp³-hybridized carbons (Fsp3) is 0.562. The Morgan fingerprint density at radius 3 is 3.06 bits per heavy atom. The SMILES string of the molecule is CCC1CCCC12CC(=O)c1cc(C)ccc1O2. The maximum absolute atomic E-state index is 12.4. The molecule has 1 saturated carbocycles. The van der Waals surface area contributed by atoms with Crippen LogP contribution in [0.25, 0.3) is 0 Å². The van der Waals surface area contributed by atoms with Crippen molar-refractivity contribution in [2.45, 2.75) is 51.6 Å². The summed E-state index contributed by atoms with van der Waals surface area (Å²) in [6, 6.07) is 5.95. The van der Waals surface area contributed by atoms with Crippen molar-refractivity contribution in [2.75, 3.05) is 0 Å². The molecule has 2 nitrogen and oxygen atoms in total. The standard InChI is InChI=1S/C16H20O2/c1-3-12-5-4-8-16(12)10-14(17)13-9-11(2)6-7-15(13)18-16/h6-7,9,12H,3-5,8,10H2,1-2H3. The third-order valence-corrected chi connectivity index (χ3v) is 4.60. The third-order valence-electron chi connectivity index (χ3n) is 4.60. The van der Waals surface area contributed by atoms with Crippen molar-refractivity contribution in [3.8, 4) is 5.75 Å². The Labute approximate surface area is 108 Å². The molecule has 0 radical (unpaired) electrons. The Morgan fingerprint density at radius 2 is 2.28 bits per heavy atom. The topological polar surface area (TPSA) is 26.3 Å². The lowest BCUT2D eigenvalue weighted by molar-refractivity contribution is 0.0113. The number of hydrogen-bond donors (Lipinski definition) is 0. The van der Waals surface area contributed by atoms with Gasteiger partial charge in [-0.3, -0.25) is 4.79 Å². The Bertz CT molecular complexity index is 492. The lowest BCUT2D eigenvalue weighted by Crippen LogP contribution is -2.44. The number of fused-ring (bicyclic) bond motifs is 1. The Morgan fingerprint density at radius 1 is 1.44 bits per heavy atom. The first kappa shape index (κ1) is 11.8. The molecule has 18 heavy (non-hydrogen) atoms. The van der Waals surface area contributed by atoms with Gasteiger partial charge < -0.3 is 4.74 Å². The van der Waals surface area contributed by atoms with Gasteiger partial charge >= 0.3 is 0 Å². The van der Waals surface area contributed by atoms with Crippen LogP contribution in [-0.2, 0) is 0 Å². The molecule has 0 bridgehead atoms. The fourth-order valence-corrected chi connectivity index (χ4v) is 3.63. The van der Waals surface area contributed by atoms with Gasteiger partial charge in [0, 0.05) is 0 Å². The summed E-state index contributed by atoms with van der Waals surface area (Å²) in [5, 5.41) is 0. The van der Waals surface area contributed by atoms with Crippen LogP contribution in [0, 0.1) is 12.8 Å². The molecule has 1 fully saturated rings. The first-order chi connectivity index (χ1) is 8.64. The first-order valence-electron chi connectivity index (χ1n) is 6.97.